The molecule has 1 aromatic carbocycles. The monoisotopic (exact) mass is 289 g/mol. The number of rotatable bonds is 5. The smallest absolute Gasteiger partial charge is 0.306 e. The molecule has 1 fully saturated rings. The summed E-state index contributed by atoms with van der Waals surface area (Å²) in [6, 6.07) is 9.62. The molecule has 0 aromatic heterocycles. The number of hydrogen-bond donors (Lipinski definition) is 0. The molecule has 1 aromatic rings. The zero-order valence-corrected chi connectivity index (χ0v) is 12.7. The lowest BCUT2D eigenvalue weighted by Gasteiger charge is -2.25. The standard InChI is InChI=1S/C17H23NO3/c1-3-21-16(19)12-13-8-7-11-15(13)17(20)18(2)14-9-5-4-6-10-14/h4-6,9-10,13,15H,3,7-8,11-12H2,1-2H3/t13-,15+/m0/s1. The minimum Gasteiger partial charge on any atom is -0.466 e. The molecule has 114 valence electrons. The van der Waals surface area contributed by atoms with Gasteiger partial charge in [-0.3, -0.25) is 9.59 Å². The summed E-state index contributed by atoms with van der Waals surface area (Å²) < 4.78 is 5.01. The average molecular weight is 289 g/mol. The Morgan fingerprint density at radius 2 is 1.95 bits per heavy atom. The quantitative estimate of drug-likeness (QED) is 0.783. The van der Waals surface area contributed by atoms with Crippen LogP contribution in [0.5, 0.6) is 0 Å². The zero-order chi connectivity index (χ0) is 15.2. The van der Waals surface area contributed by atoms with Gasteiger partial charge in [0, 0.05) is 25.1 Å². The zero-order valence-electron chi connectivity index (χ0n) is 12.7. The van der Waals surface area contributed by atoms with E-state index in [1.807, 2.05) is 30.3 Å². The fourth-order valence-corrected chi connectivity index (χ4v) is 3.07. The predicted molar refractivity (Wildman–Crippen MR) is 81.9 cm³/mol. The Kier molecular flexibility index (Phi) is 5.37. The third-order valence-electron chi connectivity index (χ3n) is 4.18. The number of benzene rings is 1. The molecule has 0 bridgehead atoms. The number of carbonyl (C=O) groups is 2. The number of para-hydroxylation sites is 1. The third-order valence-corrected chi connectivity index (χ3v) is 4.18. The fraction of sp³-hybridized carbons (Fsp3) is 0.529. The Morgan fingerprint density at radius 3 is 2.62 bits per heavy atom. The van der Waals surface area contributed by atoms with Crippen LogP contribution in [0.2, 0.25) is 0 Å². The Bertz CT molecular complexity index is 486. The van der Waals surface area contributed by atoms with Gasteiger partial charge in [0.05, 0.1) is 6.61 Å². The molecule has 0 spiro atoms. The van der Waals surface area contributed by atoms with Gasteiger partial charge in [-0.15, -0.1) is 0 Å². The Labute approximate surface area is 126 Å². The van der Waals surface area contributed by atoms with Crippen LogP contribution in [0.4, 0.5) is 5.69 Å². The molecule has 0 unspecified atom stereocenters. The molecule has 0 radical (unpaired) electrons. The van der Waals surface area contributed by atoms with E-state index in [4.69, 9.17) is 4.74 Å². The van der Waals surface area contributed by atoms with Crippen molar-refractivity contribution in [3.05, 3.63) is 30.3 Å². The van der Waals surface area contributed by atoms with Crippen LogP contribution >= 0.6 is 0 Å². The van der Waals surface area contributed by atoms with Crippen LogP contribution in [-0.4, -0.2) is 25.5 Å². The first-order valence-corrected chi connectivity index (χ1v) is 7.61. The first-order valence-electron chi connectivity index (χ1n) is 7.61. The van der Waals surface area contributed by atoms with Crippen molar-refractivity contribution in [1.29, 1.82) is 0 Å². The minimum absolute atomic E-state index is 0.0698. The molecule has 0 N–H and O–H groups in total. The third kappa shape index (κ3) is 3.84. The lowest BCUT2D eigenvalue weighted by Crippen LogP contribution is -2.35. The molecule has 0 heterocycles. The number of anilines is 1. The highest BCUT2D eigenvalue weighted by Crippen LogP contribution is 2.36. The highest BCUT2D eigenvalue weighted by molar-refractivity contribution is 5.95. The van der Waals surface area contributed by atoms with Crippen molar-refractivity contribution in [1.82, 2.24) is 0 Å². The predicted octanol–water partition coefficient (Wildman–Crippen LogP) is 3.02. The van der Waals surface area contributed by atoms with Gasteiger partial charge in [0.15, 0.2) is 0 Å². The van der Waals surface area contributed by atoms with Crippen LogP contribution in [0.1, 0.15) is 32.6 Å². The summed E-state index contributed by atoms with van der Waals surface area (Å²) in [6.45, 7) is 2.20. The van der Waals surface area contributed by atoms with Gasteiger partial charge in [-0.1, -0.05) is 24.6 Å². The lowest BCUT2D eigenvalue weighted by atomic mass is 9.91. The van der Waals surface area contributed by atoms with E-state index in [9.17, 15) is 9.59 Å². The van der Waals surface area contributed by atoms with E-state index >= 15 is 0 Å². The largest absolute Gasteiger partial charge is 0.466 e. The summed E-state index contributed by atoms with van der Waals surface area (Å²) in [7, 11) is 1.80. The first-order chi connectivity index (χ1) is 10.1. The van der Waals surface area contributed by atoms with E-state index in [1.54, 1.807) is 18.9 Å². The van der Waals surface area contributed by atoms with Gasteiger partial charge in [0.2, 0.25) is 5.91 Å². The molecule has 2 atom stereocenters. The van der Waals surface area contributed by atoms with Crippen molar-refractivity contribution in [3.63, 3.8) is 0 Å². The highest BCUT2D eigenvalue weighted by atomic mass is 16.5. The van der Waals surface area contributed by atoms with Crippen molar-refractivity contribution >= 4 is 17.6 Å². The SMILES string of the molecule is CCOC(=O)C[C@@H]1CCC[C@H]1C(=O)N(C)c1ccccc1. The van der Waals surface area contributed by atoms with Crippen molar-refractivity contribution in [2.24, 2.45) is 11.8 Å². The second kappa shape index (κ2) is 7.25. The average Bonchev–Trinajstić information content (AvgIpc) is 2.95. The topological polar surface area (TPSA) is 46.6 Å². The summed E-state index contributed by atoms with van der Waals surface area (Å²) in [4.78, 5) is 26.0. The van der Waals surface area contributed by atoms with E-state index in [0.717, 1.165) is 24.9 Å². The van der Waals surface area contributed by atoms with E-state index in [2.05, 4.69) is 0 Å². The van der Waals surface area contributed by atoms with Crippen LogP contribution in [-0.2, 0) is 14.3 Å². The Hall–Kier alpha value is -1.84. The molecule has 4 heteroatoms. The summed E-state index contributed by atoms with van der Waals surface area (Å²) in [5, 5.41) is 0. The maximum absolute atomic E-state index is 12.7. The first kappa shape index (κ1) is 15.5. The molecule has 1 amide bonds. The van der Waals surface area contributed by atoms with Crippen LogP contribution in [0, 0.1) is 11.8 Å². The fourth-order valence-electron chi connectivity index (χ4n) is 3.07. The molecule has 1 aliphatic rings. The molecule has 4 nitrogen and oxygen atoms in total. The minimum atomic E-state index is -0.190. The molecule has 2 rings (SSSR count). The Balaban J connectivity index is 2.02. The lowest BCUT2D eigenvalue weighted by molar-refractivity contribution is -0.144. The van der Waals surface area contributed by atoms with Crippen molar-refractivity contribution in [3.8, 4) is 0 Å². The second-order valence-electron chi connectivity index (χ2n) is 5.54. The van der Waals surface area contributed by atoms with E-state index < -0.39 is 0 Å². The molecule has 21 heavy (non-hydrogen) atoms. The number of ether oxygens (including phenoxy) is 1. The molecule has 1 saturated carbocycles. The van der Waals surface area contributed by atoms with Gasteiger partial charge < -0.3 is 9.64 Å². The van der Waals surface area contributed by atoms with Crippen LogP contribution in [0.25, 0.3) is 0 Å². The van der Waals surface area contributed by atoms with Gasteiger partial charge in [0.1, 0.15) is 0 Å². The molecule has 0 aliphatic heterocycles. The van der Waals surface area contributed by atoms with E-state index in [-0.39, 0.29) is 23.7 Å². The van der Waals surface area contributed by atoms with Gasteiger partial charge in [-0.25, -0.2) is 0 Å². The van der Waals surface area contributed by atoms with Gasteiger partial charge in [-0.2, -0.15) is 0 Å². The Morgan fingerprint density at radius 1 is 1.24 bits per heavy atom. The van der Waals surface area contributed by atoms with Crippen LogP contribution < -0.4 is 4.90 Å². The molecular formula is C17H23NO3. The number of hydrogen-bond acceptors (Lipinski definition) is 3. The van der Waals surface area contributed by atoms with Gasteiger partial charge in [0.25, 0.3) is 0 Å². The molecule has 0 saturated heterocycles. The van der Waals surface area contributed by atoms with Crippen LogP contribution in [0.3, 0.4) is 0 Å². The normalized spacial score (nSPS) is 21.0. The summed E-state index contributed by atoms with van der Waals surface area (Å²) in [6.07, 6.45) is 3.15. The van der Waals surface area contributed by atoms with Crippen molar-refractivity contribution < 1.29 is 14.3 Å². The van der Waals surface area contributed by atoms with E-state index in [0.29, 0.717) is 13.0 Å². The summed E-state index contributed by atoms with van der Waals surface area (Å²) in [5.74, 6) is -0.0418. The maximum Gasteiger partial charge on any atom is 0.306 e. The van der Waals surface area contributed by atoms with Crippen molar-refractivity contribution in [2.75, 3.05) is 18.6 Å². The summed E-state index contributed by atoms with van der Waals surface area (Å²) in [5.41, 5.74) is 0.893. The number of nitrogens with zero attached hydrogens (tertiary/aromatic N) is 1. The molecule has 1 aliphatic carbocycles. The molecular weight excluding hydrogens is 266 g/mol. The maximum atomic E-state index is 12.7. The van der Waals surface area contributed by atoms with Crippen LogP contribution in [0.15, 0.2) is 30.3 Å². The number of carbonyl (C=O) groups excluding carboxylic acids is 2. The van der Waals surface area contributed by atoms with Gasteiger partial charge in [-0.05, 0) is 37.8 Å². The number of esters is 1. The van der Waals surface area contributed by atoms with E-state index in [1.165, 1.54) is 0 Å². The highest BCUT2D eigenvalue weighted by Gasteiger charge is 2.36. The van der Waals surface area contributed by atoms with Crippen molar-refractivity contribution in [2.45, 2.75) is 32.6 Å². The second-order valence-corrected chi connectivity index (χ2v) is 5.54. The summed E-state index contributed by atoms with van der Waals surface area (Å²) >= 11 is 0. The number of amides is 1. The van der Waals surface area contributed by atoms with Gasteiger partial charge >= 0.3 is 5.97 Å².